The molecule has 74 valence electrons. The van der Waals surface area contributed by atoms with Crippen molar-refractivity contribution in [3.8, 4) is 11.5 Å². The van der Waals surface area contributed by atoms with E-state index < -0.39 is 0 Å². The first-order chi connectivity index (χ1) is 5.81. The summed E-state index contributed by atoms with van der Waals surface area (Å²) in [5, 5.41) is 0. The lowest BCUT2D eigenvalue weighted by Crippen LogP contribution is -1.90. The van der Waals surface area contributed by atoms with E-state index >= 15 is 0 Å². The van der Waals surface area contributed by atoms with Crippen molar-refractivity contribution in [1.82, 2.24) is 6.15 Å². The fourth-order valence-corrected chi connectivity index (χ4v) is 1.18. The van der Waals surface area contributed by atoms with Crippen molar-refractivity contribution >= 4 is 11.6 Å². The van der Waals surface area contributed by atoms with Gasteiger partial charge < -0.3 is 15.6 Å². The van der Waals surface area contributed by atoms with Crippen molar-refractivity contribution in [2.45, 2.75) is 5.88 Å². The maximum absolute atomic E-state index is 5.69. The largest absolute Gasteiger partial charge is 1.00 e. The van der Waals surface area contributed by atoms with Crippen LogP contribution in [0.3, 0.4) is 0 Å². The summed E-state index contributed by atoms with van der Waals surface area (Å²) in [6, 6.07) is 5.57. The van der Waals surface area contributed by atoms with E-state index in [-0.39, 0.29) is 7.58 Å². The van der Waals surface area contributed by atoms with Crippen LogP contribution in [0.1, 0.15) is 6.99 Å². The first-order valence-electron chi connectivity index (χ1n) is 3.58. The highest BCUT2D eigenvalue weighted by molar-refractivity contribution is 6.17. The van der Waals surface area contributed by atoms with E-state index in [2.05, 4.69) is 0 Å². The molecule has 0 saturated heterocycles. The minimum absolute atomic E-state index is 0. The fourth-order valence-electron chi connectivity index (χ4n) is 0.962. The number of benzene rings is 1. The third-order valence-electron chi connectivity index (χ3n) is 1.64. The Morgan fingerprint density at radius 1 is 1.31 bits per heavy atom. The summed E-state index contributed by atoms with van der Waals surface area (Å²) in [7, 11) is 3.24. The molecule has 1 aromatic carbocycles. The van der Waals surface area contributed by atoms with Gasteiger partial charge in [0.2, 0.25) is 0 Å². The van der Waals surface area contributed by atoms with Gasteiger partial charge in [-0.3, -0.25) is 0 Å². The number of hydrogen-bond acceptors (Lipinski definition) is 3. The minimum atomic E-state index is 0. The molecular weight excluding hydrogens is 190 g/mol. The van der Waals surface area contributed by atoms with Gasteiger partial charge in [0.25, 0.3) is 0 Å². The van der Waals surface area contributed by atoms with Gasteiger partial charge in [0.1, 0.15) is 11.5 Å². The maximum Gasteiger partial charge on any atom is 1.00 e. The lowest BCUT2D eigenvalue weighted by molar-refractivity contribution is 0.392. The molecule has 3 N–H and O–H groups in total. The van der Waals surface area contributed by atoms with Gasteiger partial charge in [-0.25, -0.2) is 0 Å². The van der Waals surface area contributed by atoms with Crippen molar-refractivity contribution in [2.24, 2.45) is 0 Å². The highest BCUT2D eigenvalue weighted by atomic mass is 35.5. The van der Waals surface area contributed by atoms with Crippen molar-refractivity contribution in [3.05, 3.63) is 23.8 Å². The molecule has 0 spiro atoms. The molecule has 0 unspecified atom stereocenters. The first-order valence-corrected chi connectivity index (χ1v) is 4.12. The average Bonchev–Trinajstić information content (AvgIpc) is 2.16. The van der Waals surface area contributed by atoms with Gasteiger partial charge in [0.15, 0.2) is 0 Å². The van der Waals surface area contributed by atoms with Crippen LogP contribution in [0.2, 0.25) is 0 Å². The zero-order chi connectivity index (χ0) is 8.97. The van der Waals surface area contributed by atoms with E-state index in [1.807, 2.05) is 18.2 Å². The number of ether oxygens (including phenoxy) is 2. The topological polar surface area (TPSA) is 53.5 Å². The lowest BCUT2D eigenvalue weighted by atomic mass is 10.2. The number of methoxy groups -OCH3 is 2. The number of halogens is 1. The Bertz CT molecular complexity index is 271. The first kappa shape index (κ1) is 12.1. The van der Waals surface area contributed by atoms with Crippen molar-refractivity contribution in [1.29, 1.82) is 0 Å². The molecule has 13 heavy (non-hydrogen) atoms. The SMILES string of the molecule is COc1ccc(CCl)c(OC)c1.N.[H+]. The molecule has 0 amide bonds. The normalized spacial score (nSPS) is 8.85. The Kier molecular flexibility index (Phi) is 5.26. The highest BCUT2D eigenvalue weighted by Gasteiger charge is 2.02. The molecular formula is C9H15ClNO2+. The van der Waals surface area contributed by atoms with Crippen LogP contribution in [0, 0.1) is 0 Å². The molecule has 0 atom stereocenters. The van der Waals surface area contributed by atoms with Crippen LogP contribution in [0.5, 0.6) is 11.5 Å². The summed E-state index contributed by atoms with van der Waals surface area (Å²) in [5.74, 6) is 2.00. The van der Waals surface area contributed by atoms with Crippen molar-refractivity contribution in [3.63, 3.8) is 0 Å². The summed E-state index contributed by atoms with van der Waals surface area (Å²) in [6.07, 6.45) is 0. The predicted octanol–water partition coefficient (Wildman–Crippen LogP) is 2.72. The molecule has 0 bridgehead atoms. The van der Waals surface area contributed by atoms with Crippen molar-refractivity contribution < 1.29 is 10.9 Å². The zero-order valence-corrected chi connectivity index (χ0v) is 8.60. The predicted molar refractivity (Wildman–Crippen MR) is 55.2 cm³/mol. The smallest absolute Gasteiger partial charge is 0.497 e. The fraction of sp³-hybridized carbons (Fsp3) is 0.333. The van der Waals surface area contributed by atoms with Crippen molar-refractivity contribution in [2.75, 3.05) is 14.2 Å². The van der Waals surface area contributed by atoms with E-state index in [9.17, 15) is 0 Å². The maximum atomic E-state index is 5.69. The lowest BCUT2D eigenvalue weighted by Gasteiger charge is -2.07. The average molecular weight is 205 g/mol. The molecule has 0 saturated carbocycles. The number of alkyl halides is 1. The van der Waals surface area contributed by atoms with Gasteiger partial charge in [0, 0.05) is 11.6 Å². The summed E-state index contributed by atoms with van der Waals surface area (Å²) < 4.78 is 10.1. The minimum Gasteiger partial charge on any atom is -0.497 e. The molecule has 0 aliphatic rings. The molecule has 0 aromatic heterocycles. The Morgan fingerprint density at radius 3 is 2.46 bits per heavy atom. The van der Waals surface area contributed by atoms with Crippen LogP contribution in [-0.2, 0) is 5.88 Å². The highest BCUT2D eigenvalue weighted by Crippen LogP contribution is 2.25. The van der Waals surface area contributed by atoms with Gasteiger partial charge in [-0.1, -0.05) is 6.07 Å². The van der Waals surface area contributed by atoms with E-state index in [1.165, 1.54) is 0 Å². The van der Waals surface area contributed by atoms with Crippen LogP contribution < -0.4 is 15.6 Å². The second-order valence-corrected chi connectivity index (χ2v) is 2.58. The van der Waals surface area contributed by atoms with Gasteiger partial charge in [0.05, 0.1) is 20.1 Å². The molecule has 0 fully saturated rings. The van der Waals surface area contributed by atoms with Gasteiger partial charge in [-0.05, 0) is 6.07 Å². The Labute approximate surface area is 84.7 Å². The molecule has 4 heteroatoms. The molecule has 0 aliphatic carbocycles. The second-order valence-electron chi connectivity index (χ2n) is 2.31. The van der Waals surface area contributed by atoms with Crippen LogP contribution in [0.25, 0.3) is 0 Å². The molecule has 0 aliphatic heterocycles. The second kappa shape index (κ2) is 5.67. The quantitative estimate of drug-likeness (QED) is 0.771. The van der Waals surface area contributed by atoms with Crippen LogP contribution >= 0.6 is 11.6 Å². The standard InChI is InChI=1S/C9H11ClO2.H3N/c1-11-8-4-3-7(6-10)9(5-8)12-2;/h3-5H,6H2,1-2H3;1H3/p+1. The van der Waals surface area contributed by atoms with Crippen LogP contribution in [0.4, 0.5) is 0 Å². The van der Waals surface area contributed by atoms with E-state index in [4.69, 9.17) is 21.1 Å². The van der Waals surface area contributed by atoms with Crippen LogP contribution in [-0.4, -0.2) is 14.2 Å². The zero-order valence-electron chi connectivity index (χ0n) is 8.84. The summed E-state index contributed by atoms with van der Waals surface area (Å²) in [4.78, 5) is 0. The Balaban J connectivity index is 0. The summed E-state index contributed by atoms with van der Waals surface area (Å²) >= 11 is 5.69. The van der Waals surface area contributed by atoms with Gasteiger partial charge >= 0.3 is 1.43 Å². The monoisotopic (exact) mass is 204 g/mol. The third kappa shape index (κ3) is 2.79. The number of hydrogen-bond donors (Lipinski definition) is 1. The van der Waals surface area contributed by atoms with E-state index in [0.717, 1.165) is 17.1 Å². The molecule has 3 nitrogen and oxygen atoms in total. The van der Waals surface area contributed by atoms with Crippen LogP contribution in [0.15, 0.2) is 18.2 Å². The third-order valence-corrected chi connectivity index (χ3v) is 1.93. The molecule has 0 radical (unpaired) electrons. The molecule has 0 heterocycles. The molecule has 1 rings (SSSR count). The Hall–Kier alpha value is -0.930. The van der Waals surface area contributed by atoms with E-state index in [0.29, 0.717) is 5.88 Å². The van der Waals surface area contributed by atoms with Gasteiger partial charge in [-0.15, -0.1) is 11.6 Å². The summed E-state index contributed by atoms with van der Waals surface area (Å²) in [5.41, 5.74) is 0.972. The summed E-state index contributed by atoms with van der Waals surface area (Å²) in [6.45, 7) is 0. The Morgan fingerprint density at radius 2 is 2.00 bits per heavy atom. The van der Waals surface area contributed by atoms with E-state index in [1.54, 1.807) is 14.2 Å². The van der Waals surface area contributed by atoms with Gasteiger partial charge in [-0.2, -0.15) is 0 Å². The molecule has 1 aromatic rings. The number of rotatable bonds is 3.